The number of ether oxygens (including phenoxy) is 1. The van der Waals surface area contributed by atoms with Crippen molar-refractivity contribution in [2.24, 2.45) is 5.92 Å². The molecule has 1 heterocycles. The van der Waals surface area contributed by atoms with Gasteiger partial charge in [-0.15, -0.1) is 0 Å². The highest BCUT2D eigenvalue weighted by molar-refractivity contribution is 5.90. The van der Waals surface area contributed by atoms with Crippen molar-refractivity contribution >= 4 is 28.7 Å². The smallest absolute Gasteiger partial charge is 0.225 e. The van der Waals surface area contributed by atoms with Crippen LogP contribution in [-0.2, 0) is 0 Å². The molecule has 1 saturated carbocycles. The number of methoxy groups -OCH3 is 1. The fourth-order valence-corrected chi connectivity index (χ4v) is 4.44. The summed E-state index contributed by atoms with van der Waals surface area (Å²) in [6.45, 7) is 1.96. The van der Waals surface area contributed by atoms with Crippen LogP contribution in [0.15, 0.2) is 54.6 Å². The number of fused-ring (bicyclic) bond motifs is 1. The van der Waals surface area contributed by atoms with Crippen LogP contribution < -0.4 is 20.3 Å². The van der Waals surface area contributed by atoms with E-state index in [1.165, 1.54) is 18.4 Å². The molecule has 0 amide bonds. The van der Waals surface area contributed by atoms with Gasteiger partial charge in [-0.2, -0.15) is 4.98 Å². The third-order valence-corrected chi connectivity index (χ3v) is 6.31. The molecule has 33 heavy (non-hydrogen) atoms. The zero-order chi connectivity index (χ0) is 23.0. The van der Waals surface area contributed by atoms with Gasteiger partial charge in [0.25, 0.3) is 0 Å². The van der Waals surface area contributed by atoms with Crippen molar-refractivity contribution in [1.29, 1.82) is 0 Å². The summed E-state index contributed by atoms with van der Waals surface area (Å²) < 4.78 is 5.20. The Bertz CT molecular complexity index is 1060. The predicted molar refractivity (Wildman–Crippen MR) is 138 cm³/mol. The summed E-state index contributed by atoms with van der Waals surface area (Å²) in [5.74, 6) is 3.32. The first-order valence-corrected chi connectivity index (χ1v) is 11.8. The Balaban J connectivity index is 1.22. The molecule has 3 aromatic rings. The summed E-state index contributed by atoms with van der Waals surface area (Å²) >= 11 is 0. The highest BCUT2D eigenvalue weighted by atomic mass is 16.5. The molecule has 6 nitrogen and oxygen atoms in total. The van der Waals surface area contributed by atoms with E-state index < -0.39 is 0 Å². The topological polar surface area (TPSA) is 62.3 Å². The van der Waals surface area contributed by atoms with Crippen LogP contribution in [0, 0.1) is 5.92 Å². The maximum atomic E-state index is 5.20. The molecule has 0 atom stereocenters. The number of para-hydroxylation sites is 1. The van der Waals surface area contributed by atoms with Crippen molar-refractivity contribution in [2.75, 3.05) is 44.5 Å². The lowest BCUT2D eigenvalue weighted by molar-refractivity contribution is 0.328. The predicted octanol–water partition coefficient (Wildman–Crippen LogP) is 4.98. The number of aromatic nitrogens is 2. The van der Waals surface area contributed by atoms with Crippen molar-refractivity contribution < 1.29 is 4.74 Å². The minimum atomic E-state index is 0.437. The van der Waals surface area contributed by atoms with Gasteiger partial charge in [-0.05, 0) is 68.0 Å². The van der Waals surface area contributed by atoms with E-state index in [9.17, 15) is 0 Å². The van der Waals surface area contributed by atoms with Gasteiger partial charge < -0.3 is 20.3 Å². The van der Waals surface area contributed by atoms with E-state index in [-0.39, 0.29) is 0 Å². The first-order chi connectivity index (χ1) is 16.1. The van der Waals surface area contributed by atoms with Crippen molar-refractivity contribution in [2.45, 2.75) is 31.7 Å². The highest BCUT2D eigenvalue weighted by Crippen LogP contribution is 2.28. The summed E-state index contributed by atoms with van der Waals surface area (Å²) in [5.41, 5.74) is 2.18. The lowest BCUT2D eigenvalue weighted by atomic mass is 9.86. The van der Waals surface area contributed by atoms with Crippen molar-refractivity contribution in [3.63, 3.8) is 0 Å². The number of hydrogen-bond donors (Lipinski definition) is 2. The average molecular weight is 446 g/mol. The number of nitrogens with zero attached hydrogens (tertiary/aromatic N) is 3. The maximum absolute atomic E-state index is 5.20. The van der Waals surface area contributed by atoms with Crippen LogP contribution in [0.4, 0.5) is 11.8 Å². The lowest BCUT2D eigenvalue weighted by Crippen LogP contribution is -2.32. The SMILES string of the molecule is COc1ccc(/C=C/CNC[C@H]2CC[C@@H](Nc3nc(N(C)C)c4ccccc4n3)CC2)cc1. The Morgan fingerprint density at radius 1 is 1.00 bits per heavy atom. The number of nitrogens with one attached hydrogen (secondary N) is 2. The summed E-state index contributed by atoms with van der Waals surface area (Å²) in [7, 11) is 5.75. The number of hydrogen-bond acceptors (Lipinski definition) is 6. The molecule has 1 fully saturated rings. The molecule has 0 aliphatic heterocycles. The summed E-state index contributed by atoms with van der Waals surface area (Å²) in [6, 6.07) is 16.8. The second-order valence-electron chi connectivity index (χ2n) is 8.98. The molecule has 0 radical (unpaired) electrons. The van der Waals surface area contributed by atoms with E-state index in [1.54, 1.807) is 7.11 Å². The Morgan fingerprint density at radius 3 is 2.48 bits per heavy atom. The van der Waals surface area contributed by atoms with Crippen LogP contribution in [-0.4, -0.2) is 50.3 Å². The Labute approximate surface area is 197 Å². The molecular formula is C27H35N5O. The lowest BCUT2D eigenvalue weighted by Gasteiger charge is -2.29. The third kappa shape index (κ3) is 6.23. The molecule has 174 valence electrons. The fraction of sp³-hybridized carbons (Fsp3) is 0.407. The Kier molecular flexibility index (Phi) is 7.79. The Hall–Kier alpha value is -3.12. The van der Waals surface area contributed by atoms with Gasteiger partial charge in [0.05, 0.1) is 12.6 Å². The van der Waals surface area contributed by atoms with E-state index >= 15 is 0 Å². The van der Waals surface area contributed by atoms with Gasteiger partial charge in [0, 0.05) is 32.1 Å². The second kappa shape index (κ2) is 11.1. The van der Waals surface area contributed by atoms with Crippen LogP contribution in [0.2, 0.25) is 0 Å². The van der Waals surface area contributed by atoms with Crippen molar-refractivity contribution in [3.05, 3.63) is 60.2 Å². The Morgan fingerprint density at radius 2 is 1.76 bits per heavy atom. The minimum Gasteiger partial charge on any atom is -0.497 e. The minimum absolute atomic E-state index is 0.437. The molecule has 0 unspecified atom stereocenters. The zero-order valence-electron chi connectivity index (χ0n) is 19.9. The van der Waals surface area contributed by atoms with Gasteiger partial charge in [0.2, 0.25) is 5.95 Å². The van der Waals surface area contributed by atoms with E-state index in [4.69, 9.17) is 14.7 Å². The number of anilines is 2. The van der Waals surface area contributed by atoms with Crippen LogP contribution in [0.1, 0.15) is 31.2 Å². The number of rotatable bonds is 9. The molecular weight excluding hydrogens is 410 g/mol. The standard InChI is InChI=1S/C27H35N5O/c1-32(2)26-24-8-4-5-9-25(24)30-27(31-26)29-22-14-10-21(11-15-22)19-28-18-6-7-20-12-16-23(33-3)17-13-20/h4-9,12-13,16-17,21-22,28H,10-11,14-15,18-19H2,1-3H3,(H,29,30,31)/b7-6+/t21-,22+. The van der Waals surface area contributed by atoms with Gasteiger partial charge >= 0.3 is 0 Å². The molecule has 1 aliphatic rings. The van der Waals surface area contributed by atoms with Crippen molar-refractivity contribution in [3.8, 4) is 5.75 Å². The summed E-state index contributed by atoms with van der Waals surface area (Å²) in [5, 5.41) is 8.28. The number of benzene rings is 2. The van der Waals surface area contributed by atoms with Crippen LogP contribution in [0.5, 0.6) is 5.75 Å². The van der Waals surface area contributed by atoms with E-state index in [0.717, 1.165) is 60.3 Å². The van der Waals surface area contributed by atoms with Gasteiger partial charge in [-0.1, -0.05) is 36.4 Å². The molecule has 0 saturated heterocycles. The maximum Gasteiger partial charge on any atom is 0.225 e. The van der Waals surface area contributed by atoms with E-state index in [2.05, 4.69) is 52.0 Å². The molecule has 1 aromatic heterocycles. The molecule has 0 bridgehead atoms. The van der Waals surface area contributed by atoms with Crippen LogP contribution in [0.3, 0.4) is 0 Å². The van der Waals surface area contributed by atoms with Crippen molar-refractivity contribution in [1.82, 2.24) is 15.3 Å². The fourth-order valence-electron chi connectivity index (χ4n) is 4.44. The van der Waals surface area contributed by atoms with E-state index in [1.807, 2.05) is 38.4 Å². The normalized spacial score (nSPS) is 18.5. The molecule has 2 N–H and O–H groups in total. The third-order valence-electron chi connectivity index (χ3n) is 6.31. The van der Waals surface area contributed by atoms with Gasteiger partial charge in [-0.3, -0.25) is 0 Å². The first kappa shape index (κ1) is 23.1. The van der Waals surface area contributed by atoms with Gasteiger partial charge in [0.1, 0.15) is 11.6 Å². The second-order valence-corrected chi connectivity index (χ2v) is 8.98. The summed E-state index contributed by atoms with van der Waals surface area (Å²) in [4.78, 5) is 11.6. The monoisotopic (exact) mass is 445 g/mol. The quantitative estimate of drug-likeness (QED) is 0.453. The first-order valence-electron chi connectivity index (χ1n) is 11.8. The molecule has 6 heteroatoms. The van der Waals surface area contributed by atoms with E-state index in [0.29, 0.717) is 6.04 Å². The van der Waals surface area contributed by atoms with Crippen LogP contribution in [0.25, 0.3) is 17.0 Å². The van der Waals surface area contributed by atoms with Gasteiger partial charge in [-0.25, -0.2) is 4.98 Å². The van der Waals surface area contributed by atoms with Crippen LogP contribution >= 0.6 is 0 Å². The molecule has 1 aliphatic carbocycles. The largest absolute Gasteiger partial charge is 0.497 e. The highest BCUT2D eigenvalue weighted by Gasteiger charge is 2.22. The molecule has 2 aromatic carbocycles. The summed E-state index contributed by atoms with van der Waals surface area (Å²) in [6.07, 6.45) is 9.10. The average Bonchev–Trinajstić information content (AvgIpc) is 2.84. The zero-order valence-corrected chi connectivity index (χ0v) is 19.9. The molecule has 4 rings (SSSR count). The molecule has 0 spiro atoms. The van der Waals surface area contributed by atoms with Gasteiger partial charge in [0.15, 0.2) is 0 Å².